The number of nitrogens with zero attached hydrogens (tertiary/aromatic N) is 3. The second kappa shape index (κ2) is 13.0. The average molecular weight is 469 g/mol. The minimum absolute atomic E-state index is 0.0266. The number of para-hydroxylation sites is 1. The van der Waals surface area contributed by atoms with Crippen molar-refractivity contribution in [2.24, 2.45) is 0 Å². The van der Waals surface area contributed by atoms with Crippen molar-refractivity contribution in [3.8, 4) is 5.75 Å². The zero-order valence-corrected chi connectivity index (χ0v) is 20.4. The van der Waals surface area contributed by atoms with Gasteiger partial charge in [-0.05, 0) is 25.0 Å². The molecule has 0 aliphatic heterocycles. The highest BCUT2D eigenvalue weighted by atomic mass is 32.2. The van der Waals surface area contributed by atoms with Crippen molar-refractivity contribution in [1.29, 1.82) is 0 Å². The van der Waals surface area contributed by atoms with Gasteiger partial charge in [0.1, 0.15) is 11.6 Å². The largest absolute Gasteiger partial charge is 0.496 e. The molecule has 33 heavy (non-hydrogen) atoms. The van der Waals surface area contributed by atoms with Crippen LogP contribution in [0.25, 0.3) is 0 Å². The van der Waals surface area contributed by atoms with Crippen LogP contribution in [0.4, 0.5) is 0 Å². The second-order valence-electron chi connectivity index (χ2n) is 7.76. The molecule has 1 aromatic heterocycles. The van der Waals surface area contributed by atoms with Crippen molar-refractivity contribution < 1.29 is 14.3 Å². The van der Waals surface area contributed by atoms with E-state index in [0.717, 1.165) is 41.0 Å². The third kappa shape index (κ3) is 7.61. The summed E-state index contributed by atoms with van der Waals surface area (Å²) in [7, 11) is 3.33. The van der Waals surface area contributed by atoms with Gasteiger partial charge in [0.15, 0.2) is 5.16 Å². The van der Waals surface area contributed by atoms with Crippen LogP contribution in [0.5, 0.6) is 5.75 Å². The summed E-state index contributed by atoms with van der Waals surface area (Å²) in [6, 6.07) is 16.2. The van der Waals surface area contributed by atoms with Gasteiger partial charge in [0.25, 0.3) is 0 Å². The highest BCUT2D eigenvalue weighted by Gasteiger charge is 2.14. The van der Waals surface area contributed by atoms with E-state index >= 15 is 0 Å². The van der Waals surface area contributed by atoms with Gasteiger partial charge in [0.05, 0.1) is 7.11 Å². The Labute approximate surface area is 199 Å². The number of nitrogens with one attached hydrogen (secondary N) is 1. The van der Waals surface area contributed by atoms with Crippen molar-refractivity contribution in [3.63, 3.8) is 0 Å². The van der Waals surface area contributed by atoms with E-state index in [1.807, 2.05) is 24.3 Å². The summed E-state index contributed by atoms with van der Waals surface area (Å²) in [5.74, 6) is 2.39. The Kier molecular flexibility index (Phi) is 9.77. The highest BCUT2D eigenvalue weighted by molar-refractivity contribution is 7.98. The normalized spacial score (nSPS) is 10.9. The van der Waals surface area contributed by atoms with Crippen LogP contribution in [0, 0.1) is 6.92 Å². The predicted molar refractivity (Wildman–Crippen MR) is 130 cm³/mol. The van der Waals surface area contributed by atoms with E-state index in [1.165, 1.54) is 11.1 Å². The lowest BCUT2D eigenvalue weighted by molar-refractivity contribution is -0.121. The molecule has 0 saturated carbocycles. The summed E-state index contributed by atoms with van der Waals surface area (Å²) in [4.78, 5) is 12.5. The number of aryl methyl sites for hydroxylation is 2. The molecular weight excluding hydrogens is 436 g/mol. The molecule has 0 aliphatic carbocycles. The van der Waals surface area contributed by atoms with Gasteiger partial charge in [-0.1, -0.05) is 59.8 Å². The van der Waals surface area contributed by atoms with Crippen LogP contribution in [0.3, 0.4) is 0 Å². The fourth-order valence-electron chi connectivity index (χ4n) is 3.51. The number of methoxy groups -OCH3 is 2. The third-order valence-corrected chi connectivity index (χ3v) is 6.26. The molecule has 0 unspecified atom stereocenters. The Morgan fingerprint density at radius 2 is 1.97 bits per heavy atom. The number of amides is 1. The topological polar surface area (TPSA) is 78.3 Å². The Bertz CT molecular complexity index is 1040. The van der Waals surface area contributed by atoms with Gasteiger partial charge in [-0.15, -0.1) is 10.2 Å². The zero-order valence-electron chi connectivity index (χ0n) is 19.5. The molecular formula is C25H32N4O3S. The lowest BCUT2D eigenvalue weighted by Gasteiger charge is -2.11. The second-order valence-corrected chi connectivity index (χ2v) is 8.71. The summed E-state index contributed by atoms with van der Waals surface area (Å²) in [6.07, 6.45) is 1.74. The van der Waals surface area contributed by atoms with Crippen LogP contribution < -0.4 is 10.1 Å². The number of aromatic nitrogens is 3. The molecule has 3 aromatic rings. The summed E-state index contributed by atoms with van der Waals surface area (Å²) in [5.41, 5.74) is 3.45. The summed E-state index contributed by atoms with van der Waals surface area (Å²) in [6.45, 7) is 3.95. The Hall–Kier alpha value is -2.84. The first kappa shape index (κ1) is 24.8. The number of carbonyl (C=O) groups is 1. The van der Waals surface area contributed by atoms with Gasteiger partial charge < -0.3 is 19.4 Å². The quantitative estimate of drug-likeness (QED) is 0.300. The molecule has 0 fully saturated rings. The lowest BCUT2D eigenvalue weighted by atomic mass is 10.2. The van der Waals surface area contributed by atoms with Crippen molar-refractivity contribution in [1.82, 2.24) is 20.1 Å². The number of rotatable bonds is 13. The highest BCUT2D eigenvalue weighted by Crippen LogP contribution is 2.23. The minimum Gasteiger partial charge on any atom is -0.496 e. The fourth-order valence-corrected chi connectivity index (χ4v) is 4.44. The Morgan fingerprint density at radius 1 is 1.12 bits per heavy atom. The fraction of sp³-hybridized carbons (Fsp3) is 0.400. The zero-order chi connectivity index (χ0) is 23.5. The lowest BCUT2D eigenvalue weighted by Crippen LogP contribution is -2.23. The van der Waals surface area contributed by atoms with E-state index in [1.54, 1.807) is 26.0 Å². The maximum Gasteiger partial charge on any atom is 0.220 e. The van der Waals surface area contributed by atoms with E-state index in [-0.39, 0.29) is 5.91 Å². The first-order chi connectivity index (χ1) is 16.1. The maximum atomic E-state index is 12.5. The SMILES string of the molecule is COCCCn1c(CCC(=O)NCc2ccccc2OC)nnc1SCc1cccc(C)c1. The molecule has 8 heteroatoms. The van der Waals surface area contributed by atoms with Crippen LogP contribution in [-0.2, 0) is 34.8 Å². The van der Waals surface area contributed by atoms with Crippen LogP contribution in [0.1, 0.15) is 35.4 Å². The van der Waals surface area contributed by atoms with Crippen molar-refractivity contribution in [2.45, 2.75) is 50.2 Å². The van der Waals surface area contributed by atoms with E-state index in [9.17, 15) is 4.79 Å². The Balaban J connectivity index is 1.59. The molecule has 0 spiro atoms. The van der Waals surface area contributed by atoms with Gasteiger partial charge in [-0.3, -0.25) is 4.79 Å². The molecule has 1 N–H and O–H groups in total. The first-order valence-corrected chi connectivity index (χ1v) is 12.1. The molecule has 2 aromatic carbocycles. The van der Waals surface area contributed by atoms with E-state index in [4.69, 9.17) is 9.47 Å². The summed E-state index contributed by atoms with van der Waals surface area (Å²) < 4.78 is 12.7. The van der Waals surface area contributed by atoms with Gasteiger partial charge in [-0.25, -0.2) is 0 Å². The van der Waals surface area contributed by atoms with Crippen molar-refractivity contribution >= 4 is 17.7 Å². The number of thioether (sulfide) groups is 1. The number of hydrogen-bond acceptors (Lipinski definition) is 6. The Morgan fingerprint density at radius 3 is 2.76 bits per heavy atom. The predicted octanol–water partition coefficient (Wildman–Crippen LogP) is 4.17. The van der Waals surface area contributed by atoms with E-state index in [2.05, 4.69) is 51.3 Å². The van der Waals surface area contributed by atoms with E-state index < -0.39 is 0 Å². The number of ether oxygens (including phenoxy) is 2. The molecule has 0 atom stereocenters. The van der Waals surface area contributed by atoms with Crippen LogP contribution in [0.15, 0.2) is 53.7 Å². The standard InChI is InChI=1S/C25H32N4O3S/c1-19-8-6-9-20(16-19)18-33-25-28-27-23(29(25)14-7-15-31-2)12-13-24(30)26-17-21-10-4-5-11-22(21)32-3/h4-6,8-11,16H,7,12-15,17-18H2,1-3H3,(H,26,30). The molecule has 1 amide bonds. The van der Waals surface area contributed by atoms with Crippen LogP contribution in [0.2, 0.25) is 0 Å². The van der Waals surface area contributed by atoms with Crippen molar-refractivity contribution in [2.75, 3.05) is 20.8 Å². The maximum absolute atomic E-state index is 12.5. The van der Waals surface area contributed by atoms with E-state index in [0.29, 0.717) is 26.0 Å². The van der Waals surface area contributed by atoms with Gasteiger partial charge in [0.2, 0.25) is 5.91 Å². The molecule has 7 nitrogen and oxygen atoms in total. The molecule has 0 aliphatic rings. The third-order valence-electron chi connectivity index (χ3n) is 5.22. The first-order valence-electron chi connectivity index (χ1n) is 11.1. The molecule has 176 valence electrons. The van der Waals surface area contributed by atoms with Crippen molar-refractivity contribution in [3.05, 3.63) is 71.0 Å². The van der Waals surface area contributed by atoms with Gasteiger partial charge >= 0.3 is 0 Å². The number of benzene rings is 2. The smallest absolute Gasteiger partial charge is 0.220 e. The molecule has 1 heterocycles. The van der Waals surface area contributed by atoms with Gasteiger partial charge in [-0.2, -0.15) is 0 Å². The molecule has 0 saturated heterocycles. The van der Waals surface area contributed by atoms with Crippen LogP contribution >= 0.6 is 11.8 Å². The number of carbonyl (C=O) groups excluding carboxylic acids is 1. The molecule has 3 rings (SSSR count). The average Bonchev–Trinajstić information content (AvgIpc) is 3.22. The minimum atomic E-state index is -0.0266. The summed E-state index contributed by atoms with van der Waals surface area (Å²) >= 11 is 1.67. The molecule has 0 radical (unpaired) electrons. The van der Waals surface area contributed by atoms with Gasteiger partial charge in [0, 0.05) is 51.0 Å². The molecule has 0 bridgehead atoms. The number of hydrogen-bond donors (Lipinski definition) is 1. The van der Waals surface area contributed by atoms with Crippen LogP contribution in [-0.4, -0.2) is 41.5 Å². The monoisotopic (exact) mass is 468 g/mol. The summed E-state index contributed by atoms with van der Waals surface area (Å²) in [5, 5.41) is 12.7.